The fourth-order valence-corrected chi connectivity index (χ4v) is 3.84. The van der Waals surface area contributed by atoms with Crippen LogP contribution in [0.4, 0.5) is 13.2 Å². The van der Waals surface area contributed by atoms with Crippen molar-refractivity contribution in [2.45, 2.75) is 18.0 Å². The van der Waals surface area contributed by atoms with E-state index in [1.54, 1.807) is 22.9 Å². The molecule has 1 saturated heterocycles. The number of amides is 1. The molecule has 0 N–H and O–H groups in total. The fourth-order valence-electron chi connectivity index (χ4n) is 2.66. The van der Waals surface area contributed by atoms with Gasteiger partial charge in [0.2, 0.25) is 0 Å². The summed E-state index contributed by atoms with van der Waals surface area (Å²) in [6.07, 6.45) is -2.35. The third-order valence-electron chi connectivity index (χ3n) is 3.82. The topological polar surface area (TPSA) is 42.7 Å². The minimum atomic E-state index is -4.74. The van der Waals surface area contributed by atoms with Gasteiger partial charge in [-0.3, -0.25) is 4.79 Å². The molecular formula is C17H16F3NO3S. The molecule has 1 amide bonds. The molecule has 1 unspecified atom stereocenters. The second kappa shape index (κ2) is 7.43. The Morgan fingerprint density at radius 2 is 1.96 bits per heavy atom. The number of rotatable bonds is 3. The van der Waals surface area contributed by atoms with Gasteiger partial charge in [0, 0.05) is 24.4 Å². The van der Waals surface area contributed by atoms with Crippen LogP contribution in [0.3, 0.4) is 0 Å². The van der Waals surface area contributed by atoms with E-state index < -0.39 is 6.36 Å². The summed E-state index contributed by atoms with van der Waals surface area (Å²) in [6.45, 7) is 1.15. The van der Waals surface area contributed by atoms with Crippen molar-refractivity contribution >= 4 is 17.7 Å². The number of carbonyl (C=O) groups is 1. The van der Waals surface area contributed by atoms with E-state index in [0.29, 0.717) is 18.7 Å². The number of nitrogens with zero attached hydrogens (tertiary/aromatic N) is 1. The van der Waals surface area contributed by atoms with Gasteiger partial charge in [-0.25, -0.2) is 0 Å². The van der Waals surface area contributed by atoms with Crippen LogP contribution in [0.15, 0.2) is 47.1 Å². The molecule has 2 aromatic rings. The molecule has 1 fully saturated rings. The number of benzene rings is 1. The zero-order valence-corrected chi connectivity index (χ0v) is 14.0. The number of thioether (sulfide) groups is 1. The van der Waals surface area contributed by atoms with Crippen LogP contribution in [0, 0.1) is 0 Å². The Bertz CT molecular complexity index is 701. The summed E-state index contributed by atoms with van der Waals surface area (Å²) >= 11 is 1.73. The second-order valence-electron chi connectivity index (χ2n) is 5.53. The maximum atomic E-state index is 12.6. The van der Waals surface area contributed by atoms with E-state index in [2.05, 4.69) is 4.74 Å². The summed E-state index contributed by atoms with van der Waals surface area (Å²) in [5.41, 5.74) is 0.343. The first-order chi connectivity index (χ1) is 11.9. The molecule has 25 heavy (non-hydrogen) atoms. The first kappa shape index (κ1) is 17.7. The summed E-state index contributed by atoms with van der Waals surface area (Å²) in [6, 6.07) is 8.78. The van der Waals surface area contributed by atoms with Crippen LogP contribution in [-0.2, 0) is 0 Å². The lowest BCUT2D eigenvalue weighted by Crippen LogP contribution is -2.32. The fraction of sp³-hybridized carbons (Fsp3) is 0.353. The molecule has 4 nitrogen and oxygen atoms in total. The van der Waals surface area contributed by atoms with E-state index in [9.17, 15) is 18.0 Å². The number of alkyl halides is 3. The summed E-state index contributed by atoms with van der Waals surface area (Å²) < 4.78 is 45.8. The van der Waals surface area contributed by atoms with Gasteiger partial charge in [0.25, 0.3) is 5.91 Å². The molecule has 1 aromatic heterocycles. The number of carbonyl (C=O) groups excluding carboxylic acids is 1. The minimum Gasteiger partial charge on any atom is -0.468 e. The number of furan rings is 1. The molecule has 3 rings (SSSR count). The number of hydrogen-bond acceptors (Lipinski definition) is 4. The Kier molecular flexibility index (Phi) is 5.27. The third kappa shape index (κ3) is 4.72. The van der Waals surface area contributed by atoms with E-state index in [-0.39, 0.29) is 16.9 Å². The molecule has 0 bridgehead atoms. The molecule has 1 aromatic carbocycles. The maximum absolute atomic E-state index is 12.6. The van der Waals surface area contributed by atoms with E-state index in [4.69, 9.17) is 4.42 Å². The second-order valence-corrected chi connectivity index (χ2v) is 6.84. The first-order valence-corrected chi connectivity index (χ1v) is 8.77. The summed E-state index contributed by atoms with van der Waals surface area (Å²) in [5.74, 6) is 1.13. The van der Waals surface area contributed by atoms with Crippen molar-refractivity contribution in [3.05, 3.63) is 54.0 Å². The number of halogens is 3. The van der Waals surface area contributed by atoms with Gasteiger partial charge in [-0.15, -0.1) is 24.9 Å². The number of hydrogen-bond donors (Lipinski definition) is 0. The smallest absolute Gasteiger partial charge is 0.468 e. The quantitative estimate of drug-likeness (QED) is 0.797. The van der Waals surface area contributed by atoms with Crippen LogP contribution < -0.4 is 4.74 Å². The van der Waals surface area contributed by atoms with E-state index >= 15 is 0 Å². The van der Waals surface area contributed by atoms with Crippen LogP contribution >= 0.6 is 11.8 Å². The van der Waals surface area contributed by atoms with Crippen LogP contribution in [0.2, 0.25) is 0 Å². The summed E-state index contributed by atoms with van der Waals surface area (Å²) in [7, 11) is 0. The Balaban J connectivity index is 1.62. The molecule has 0 saturated carbocycles. The van der Waals surface area contributed by atoms with Crippen LogP contribution in [0.1, 0.15) is 27.8 Å². The van der Waals surface area contributed by atoms with Crippen molar-refractivity contribution in [2.24, 2.45) is 0 Å². The van der Waals surface area contributed by atoms with Gasteiger partial charge in [0.15, 0.2) is 0 Å². The lowest BCUT2D eigenvalue weighted by Gasteiger charge is -2.20. The number of ether oxygens (including phenoxy) is 1. The molecule has 2 heterocycles. The highest BCUT2D eigenvalue weighted by Crippen LogP contribution is 2.34. The molecule has 1 atom stereocenters. The van der Waals surface area contributed by atoms with Crippen LogP contribution in [0.5, 0.6) is 5.75 Å². The lowest BCUT2D eigenvalue weighted by atomic mass is 10.1. The van der Waals surface area contributed by atoms with E-state index in [1.807, 2.05) is 12.1 Å². The molecule has 134 valence electrons. The van der Waals surface area contributed by atoms with Crippen molar-refractivity contribution in [3.63, 3.8) is 0 Å². The van der Waals surface area contributed by atoms with Gasteiger partial charge in [-0.1, -0.05) is 0 Å². The Labute approximate surface area is 146 Å². The largest absolute Gasteiger partial charge is 0.573 e. The van der Waals surface area contributed by atoms with Gasteiger partial charge >= 0.3 is 6.36 Å². The van der Waals surface area contributed by atoms with Gasteiger partial charge in [0.1, 0.15) is 11.5 Å². The average Bonchev–Trinajstić information content (AvgIpc) is 2.98. The van der Waals surface area contributed by atoms with Crippen LogP contribution in [0.25, 0.3) is 0 Å². The Hall–Kier alpha value is -2.09. The highest BCUT2D eigenvalue weighted by Gasteiger charge is 2.31. The Morgan fingerprint density at radius 1 is 1.20 bits per heavy atom. The molecule has 0 spiro atoms. The normalized spacial score (nSPS) is 18.7. The van der Waals surface area contributed by atoms with Gasteiger partial charge in [0.05, 0.1) is 11.5 Å². The molecular weight excluding hydrogens is 355 g/mol. The van der Waals surface area contributed by atoms with Crippen molar-refractivity contribution in [2.75, 3.05) is 18.8 Å². The van der Waals surface area contributed by atoms with E-state index in [1.165, 1.54) is 12.1 Å². The molecule has 8 heteroatoms. The Morgan fingerprint density at radius 3 is 2.60 bits per heavy atom. The first-order valence-electron chi connectivity index (χ1n) is 7.72. The SMILES string of the molecule is O=C(c1ccc(OC(F)(F)F)cc1)N1CCSC(c2ccco2)CC1. The molecule has 1 aliphatic heterocycles. The zero-order chi connectivity index (χ0) is 17.9. The standard InChI is InChI=1S/C17H16F3NO3S/c18-17(19,20)24-13-5-3-12(4-6-13)16(22)21-8-7-15(25-11-9-21)14-2-1-10-23-14/h1-6,10,15H,7-9,11H2. The predicted molar refractivity (Wildman–Crippen MR) is 87.6 cm³/mol. The minimum absolute atomic E-state index is 0.195. The zero-order valence-electron chi connectivity index (χ0n) is 13.2. The molecule has 1 aliphatic rings. The maximum Gasteiger partial charge on any atom is 0.573 e. The van der Waals surface area contributed by atoms with Crippen molar-refractivity contribution in [3.8, 4) is 5.75 Å². The predicted octanol–water partition coefficient (Wildman–Crippen LogP) is 4.50. The lowest BCUT2D eigenvalue weighted by molar-refractivity contribution is -0.274. The van der Waals surface area contributed by atoms with Gasteiger partial charge in [-0.2, -0.15) is 0 Å². The molecule has 0 radical (unpaired) electrons. The third-order valence-corrected chi connectivity index (χ3v) is 5.11. The van der Waals surface area contributed by atoms with Crippen molar-refractivity contribution < 1.29 is 27.1 Å². The van der Waals surface area contributed by atoms with Crippen molar-refractivity contribution in [1.82, 2.24) is 4.90 Å². The monoisotopic (exact) mass is 371 g/mol. The highest BCUT2D eigenvalue weighted by molar-refractivity contribution is 7.99. The average molecular weight is 371 g/mol. The van der Waals surface area contributed by atoms with Gasteiger partial charge < -0.3 is 14.1 Å². The van der Waals surface area contributed by atoms with Crippen LogP contribution in [-0.4, -0.2) is 36.0 Å². The van der Waals surface area contributed by atoms with E-state index in [0.717, 1.165) is 30.1 Å². The summed E-state index contributed by atoms with van der Waals surface area (Å²) in [4.78, 5) is 14.3. The van der Waals surface area contributed by atoms with Crippen molar-refractivity contribution in [1.29, 1.82) is 0 Å². The van der Waals surface area contributed by atoms with Gasteiger partial charge in [-0.05, 0) is 42.8 Å². The molecule has 0 aliphatic carbocycles. The highest BCUT2D eigenvalue weighted by atomic mass is 32.2. The summed E-state index contributed by atoms with van der Waals surface area (Å²) in [5, 5.41) is 0.204.